The van der Waals surface area contributed by atoms with Crippen molar-refractivity contribution in [1.29, 1.82) is 0 Å². The Kier molecular flexibility index (Phi) is 7.05. The molecule has 3 atom stereocenters. The Balaban J connectivity index is 1.54. The molecule has 3 rings (SSSR count). The minimum Gasteiger partial charge on any atom is -0.393 e. The Bertz CT molecular complexity index is 912. The molecule has 2 aromatic carbocycles. The maximum atomic E-state index is 12.6. The number of hydrogen-bond donors (Lipinski definition) is 2. The van der Waals surface area contributed by atoms with Crippen LogP contribution in [0.25, 0.3) is 0 Å². The summed E-state index contributed by atoms with van der Waals surface area (Å²) in [4.78, 5) is 12.2. The lowest BCUT2D eigenvalue weighted by molar-refractivity contribution is 0.0417. The average Bonchev–Trinajstić information content (AvgIpc) is 3.16. The lowest BCUT2D eigenvalue weighted by Crippen LogP contribution is -2.34. The highest BCUT2D eigenvalue weighted by Gasteiger charge is 2.37. The number of benzene rings is 2. The van der Waals surface area contributed by atoms with E-state index < -0.39 is 22.3 Å². The van der Waals surface area contributed by atoms with Crippen LogP contribution in [0.3, 0.4) is 0 Å². The van der Waals surface area contributed by atoms with E-state index in [1.54, 1.807) is 36.4 Å². The molecule has 29 heavy (non-hydrogen) atoms. The molecule has 0 unspecified atom stereocenters. The van der Waals surface area contributed by atoms with Crippen LogP contribution in [0.2, 0.25) is 0 Å². The molecule has 0 saturated heterocycles. The number of rotatable bonds is 8. The molecule has 0 radical (unpaired) electrons. The highest BCUT2D eigenvalue weighted by molar-refractivity contribution is 7.86. The normalized spacial score (nSPS) is 20.3. The number of aliphatic hydroxyl groups excluding tert-OH is 1. The summed E-state index contributed by atoms with van der Waals surface area (Å²) in [5.41, 5.74) is 1.53. The molecule has 2 aromatic rings. The van der Waals surface area contributed by atoms with Crippen molar-refractivity contribution in [2.24, 2.45) is 5.92 Å². The van der Waals surface area contributed by atoms with Crippen molar-refractivity contribution in [3.05, 3.63) is 65.7 Å². The van der Waals surface area contributed by atoms with E-state index in [2.05, 4.69) is 5.32 Å². The molecule has 0 aliphatic heterocycles. The first-order valence-electron chi connectivity index (χ1n) is 9.88. The van der Waals surface area contributed by atoms with Gasteiger partial charge in [-0.3, -0.25) is 8.98 Å². The van der Waals surface area contributed by atoms with Crippen LogP contribution in [-0.4, -0.2) is 38.2 Å². The van der Waals surface area contributed by atoms with Gasteiger partial charge in [0.1, 0.15) is 0 Å². The molecule has 0 bridgehead atoms. The quantitative estimate of drug-likeness (QED) is 0.644. The van der Waals surface area contributed by atoms with Crippen molar-refractivity contribution < 1.29 is 22.5 Å². The molecule has 1 aliphatic rings. The summed E-state index contributed by atoms with van der Waals surface area (Å²) in [7, 11) is -3.88. The molecule has 1 aliphatic carbocycles. The van der Waals surface area contributed by atoms with Gasteiger partial charge in [-0.2, -0.15) is 8.42 Å². The molecule has 1 fully saturated rings. The second kappa shape index (κ2) is 9.52. The fraction of sp³-hybridized carbons (Fsp3) is 0.409. The fourth-order valence-corrected chi connectivity index (χ4v) is 4.82. The van der Waals surface area contributed by atoms with E-state index in [0.717, 1.165) is 12.0 Å². The van der Waals surface area contributed by atoms with Gasteiger partial charge in [-0.25, -0.2) is 0 Å². The number of carbonyl (C=O) groups is 1. The van der Waals surface area contributed by atoms with Crippen LogP contribution >= 0.6 is 0 Å². The van der Waals surface area contributed by atoms with Crippen molar-refractivity contribution in [1.82, 2.24) is 5.32 Å². The van der Waals surface area contributed by atoms with E-state index in [1.807, 2.05) is 13.0 Å². The van der Waals surface area contributed by atoms with Crippen LogP contribution in [-0.2, 0) is 14.3 Å². The first-order valence-corrected chi connectivity index (χ1v) is 11.3. The van der Waals surface area contributed by atoms with E-state index in [1.165, 1.54) is 12.1 Å². The van der Waals surface area contributed by atoms with Crippen LogP contribution in [0.4, 0.5) is 0 Å². The van der Waals surface area contributed by atoms with Crippen LogP contribution in [0.1, 0.15) is 41.6 Å². The van der Waals surface area contributed by atoms with Gasteiger partial charge in [-0.05, 0) is 50.5 Å². The third kappa shape index (κ3) is 5.65. The zero-order valence-electron chi connectivity index (χ0n) is 16.5. The van der Waals surface area contributed by atoms with Gasteiger partial charge in [0, 0.05) is 18.0 Å². The number of amides is 1. The van der Waals surface area contributed by atoms with Gasteiger partial charge < -0.3 is 10.4 Å². The van der Waals surface area contributed by atoms with Gasteiger partial charge in [0.25, 0.3) is 16.0 Å². The van der Waals surface area contributed by atoms with Crippen molar-refractivity contribution in [3.8, 4) is 0 Å². The second-order valence-corrected chi connectivity index (χ2v) is 9.05. The third-order valence-electron chi connectivity index (χ3n) is 5.32. The van der Waals surface area contributed by atoms with E-state index >= 15 is 0 Å². The molecule has 0 aromatic heterocycles. The molecular formula is C22H27NO5S. The summed E-state index contributed by atoms with van der Waals surface area (Å²) in [5.74, 6) is -0.470. The van der Waals surface area contributed by atoms with Gasteiger partial charge in [-0.1, -0.05) is 42.3 Å². The Morgan fingerprint density at radius 2 is 1.83 bits per heavy atom. The summed E-state index contributed by atoms with van der Waals surface area (Å²) >= 11 is 0. The molecule has 2 N–H and O–H groups in total. The lowest BCUT2D eigenvalue weighted by Gasteiger charge is -2.24. The Labute approximate surface area is 172 Å². The standard InChI is InChI=1S/C22H27NO5S/c1-16-10-12-18(13-11-16)29(26,27)28-21-9-5-8-19(21)20(24)14-15-23-22(25)17-6-3-2-4-7-17/h2-4,6-7,10-13,19-21,24H,5,8-9,14-15H2,1H3,(H,23,25)/t19-,20-,21+/m0/s1. The van der Waals surface area contributed by atoms with E-state index in [4.69, 9.17) is 4.18 Å². The third-order valence-corrected chi connectivity index (χ3v) is 6.67. The van der Waals surface area contributed by atoms with Crippen LogP contribution in [0, 0.1) is 12.8 Å². The predicted molar refractivity (Wildman–Crippen MR) is 110 cm³/mol. The summed E-state index contributed by atoms with van der Waals surface area (Å²) in [6.07, 6.45) is 1.12. The number of aliphatic hydroxyl groups is 1. The molecule has 0 spiro atoms. The first kappa shape index (κ1) is 21.5. The van der Waals surface area contributed by atoms with Gasteiger partial charge >= 0.3 is 0 Å². The van der Waals surface area contributed by atoms with Crippen LogP contribution < -0.4 is 5.32 Å². The Hall–Kier alpha value is -2.22. The molecule has 7 heteroatoms. The number of aryl methyl sites for hydroxylation is 1. The fourth-order valence-electron chi connectivity index (χ4n) is 3.68. The minimum atomic E-state index is -3.88. The van der Waals surface area contributed by atoms with Gasteiger partial charge in [0.05, 0.1) is 17.1 Å². The van der Waals surface area contributed by atoms with E-state index in [0.29, 0.717) is 31.4 Å². The summed E-state index contributed by atoms with van der Waals surface area (Å²) in [6.45, 7) is 2.19. The summed E-state index contributed by atoms with van der Waals surface area (Å²) in [5, 5.41) is 13.4. The number of carbonyl (C=O) groups excluding carboxylic acids is 1. The number of hydrogen-bond acceptors (Lipinski definition) is 5. The zero-order valence-corrected chi connectivity index (χ0v) is 17.3. The van der Waals surface area contributed by atoms with Gasteiger partial charge in [0.2, 0.25) is 0 Å². The van der Waals surface area contributed by atoms with E-state index in [-0.39, 0.29) is 16.7 Å². The van der Waals surface area contributed by atoms with Crippen LogP contribution in [0.15, 0.2) is 59.5 Å². The summed E-state index contributed by atoms with van der Waals surface area (Å²) in [6, 6.07) is 15.4. The molecule has 1 saturated carbocycles. The average molecular weight is 418 g/mol. The summed E-state index contributed by atoms with van der Waals surface area (Å²) < 4.78 is 30.6. The topological polar surface area (TPSA) is 92.7 Å². The molecular weight excluding hydrogens is 390 g/mol. The molecule has 6 nitrogen and oxygen atoms in total. The maximum absolute atomic E-state index is 12.6. The first-order chi connectivity index (χ1) is 13.9. The minimum absolute atomic E-state index is 0.123. The van der Waals surface area contributed by atoms with Crippen LogP contribution in [0.5, 0.6) is 0 Å². The molecule has 0 heterocycles. The van der Waals surface area contributed by atoms with Crippen molar-refractivity contribution in [2.45, 2.75) is 49.7 Å². The zero-order chi connectivity index (χ0) is 20.9. The highest BCUT2D eigenvalue weighted by atomic mass is 32.2. The second-order valence-electron chi connectivity index (χ2n) is 7.47. The monoisotopic (exact) mass is 417 g/mol. The van der Waals surface area contributed by atoms with Gasteiger partial charge in [-0.15, -0.1) is 0 Å². The largest absolute Gasteiger partial charge is 0.393 e. The van der Waals surface area contributed by atoms with Crippen molar-refractivity contribution in [3.63, 3.8) is 0 Å². The van der Waals surface area contributed by atoms with Gasteiger partial charge in [0.15, 0.2) is 0 Å². The molecule has 156 valence electrons. The van der Waals surface area contributed by atoms with E-state index in [9.17, 15) is 18.3 Å². The predicted octanol–water partition coefficient (Wildman–Crippen LogP) is 3.05. The van der Waals surface area contributed by atoms with Crippen molar-refractivity contribution >= 4 is 16.0 Å². The smallest absolute Gasteiger partial charge is 0.297 e. The lowest BCUT2D eigenvalue weighted by atomic mass is 9.96. The highest BCUT2D eigenvalue weighted by Crippen LogP contribution is 2.34. The number of nitrogens with one attached hydrogen (secondary N) is 1. The maximum Gasteiger partial charge on any atom is 0.297 e. The molecule has 1 amide bonds. The Morgan fingerprint density at radius 1 is 1.14 bits per heavy atom. The Morgan fingerprint density at radius 3 is 2.52 bits per heavy atom. The SMILES string of the molecule is Cc1ccc(S(=O)(=O)O[C@@H]2CCC[C@H]2[C@@H](O)CCNC(=O)c2ccccc2)cc1. The van der Waals surface area contributed by atoms with Crippen molar-refractivity contribution in [2.75, 3.05) is 6.54 Å².